The predicted octanol–water partition coefficient (Wildman–Crippen LogP) is 9.16. The van der Waals surface area contributed by atoms with Gasteiger partial charge in [-0.1, -0.05) is 25.7 Å². The van der Waals surface area contributed by atoms with E-state index in [1.807, 2.05) is 78.1 Å². The van der Waals surface area contributed by atoms with Gasteiger partial charge >= 0.3 is 12.2 Å². The molecular formula is C58H77ClN16O6. The molecule has 0 bridgehead atoms. The number of ether oxygens (including phenoxy) is 2. The van der Waals surface area contributed by atoms with Crippen molar-refractivity contribution in [2.75, 3.05) is 75.2 Å². The van der Waals surface area contributed by atoms with E-state index in [1.165, 1.54) is 12.8 Å². The van der Waals surface area contributed by atoms with E-state index in [-0.39, 0.29) is 46.4 Å². The number of hydrogen-bond donors (Lipinski definition) is 4. The quantitative estimate of drug-likeness (QED) is 0.0934. The van der Waals surface area contributed by atoms with Crippen LogP contribution in [0.4, 0.5) is 38.5 Å². The predicted molar refractivity (Wildman–Crippen MR) is 312 cm³/mol. The summed E-state index contributed by atoms with van der Waals surface area (Å²) in [5.74, 6) is 2.46. The topological polar surface area (TPSA) is 249 Å². The zero-order chi connectivity index (χ0) is 57.8. The number of pyridine rings is 2. The molecule has 0 radical (unpaired) electrons. The number of alkyl carbamates (subject to hydrolysis) is 2. The minimum Gasteiger partial charge on any atom is -0.444 e. The largest absolute Gasteiger partial charge is 0.444 e. The Bertz CT molecular complexity index is 3300. The molecule has 22 nitrogen and oxygen atoms in total. The Labute approximate surface area is 477 Å². The third kappa shape index (κ3) is 12.7. The van der Waals surface area contributed by atoms with Crippen LogP contribution in [0.3, 0.4) is 0 Å². The average molecular weight is 1130 g/mol. The van der Waals surface area contributed by atoms with Crippen LogP contribution in [0.2, 0.25) is 5.28 Å². The molecule has 6 aromatic heterocycles. The number of nitrogens with one attached hydrogen (secondary N) is 3. The van der Waals surface area contributed by atoms with Crippen LogP contribution in [-0.4, -0.2) is 149 Å². The van der Waals surface area contributed by atoms with Crippen LogP contribution in [0.5, 0.6) is 0 Å². The van der Waals surface area contributed by atoms with Gasteiger partial charge in [0, 0.05) is 101 Å². The lowest BCUT2D eigenvalue weighted by atomic mass is 10.2. The Morgan fingerprint density at radius 2 is 1.09 bits per heavy atom. The maximum atomic E-state index is 13.0. The summed E-state index contributed by atoms with van der Waals surface area (Å²) in [7, 11) is 7.07. The number of aromatic nitrogens is 8. The van der Waals surface area contributed by atoms with Crippen molar-refractivity contribution in [2.24, 2.45) is 11.8 Å². The molecule has 4 amide bonds. The fourth-order valence-corrected chi connectivity index (χ4v) is 12.1. The molecule has 0 spiro atoms. The minimum atomic E-state index is -0.518. The zero-order valence-corrected chi connectivity index (χ0v) is 49.0. The van der Waals surface area contributed by atoms with Gasteiger partial charge in [0.25, 0.3) is 11.8 Å². The first-order valence-corrected chi connectivity index (χ1v) is 28.6. The van der Waals surface area contributed by atoms with E-state index in [2.05, 4.69) is 59.8 Å². The van der Waals surface area contributed by atoms with E-state index in [9.17, 15) is 19.2 Å². The summed E-state index contributed by atoms with van der Waals surface area (Å²) in [5, 5.41) is 11.3. The van der Waals surface area contributed by atoms with Crippen molar-refractivity contribution in [3.8, 4) is 0 Å². The fourth-order valence-electron chi connectivity index (χ4n) is 12.0. The van der Waals surface area contributed by atoms with Gasteiger partial charge in [0.15, 0.2) is 0 Å². The number of anilines is 5. The van der Waals surface area contributed by atoms with Gasteiger partial charge < -0.3 is 59.9 Å². The van der Waals surface area contributed by atoms with Gasteiger partial charge in [-0.2, -0.15) is 9.97 Å². The van der Waals surface area contributed by atoms with Crippen LogP contribution < -0.4 is 31.5 Å². The highest BCUT2D eigenvalue weighted by molar-refractivity contribution is 6.28. The second-order valence-electron chi connectivity index (χ2n) is 25.1. The van der Waals surface area contributed by atoms with Gasteiger partial charge in [-0.3, -0.25) is 9.59 Å². The van der Waals surface area contributed by atoms with Crippen molar-refractivity contribution in [1.29, 1.82) is 0 Å². The van der Waals surface area contributed by atoms with E-state index in [0.29, 0.717) is 46.8 Å². The lowest BCUT2D eigenvalue weighted by Crippen LogP contribution is -2.44. The SMILES string of the molecule is CC(C)(C)OC(=O)NC12CC1CN(c1ccc(N)nc1)C2.CN(C)C(=O)c1cc2cnc(Cl)nc2n1C1CCCC1.CN(C)C(=O)c1cc2cnc(Nc3ccc(N4CC5CC5(NC(=O)OC(C)(C)C)C4)cn3)nc2n1C1CCCC1. The molecule has 4 unspecified atom stereocenters. The fraction of sp³-hybridized carbons (Fsp3) is 0.552. The van der Waals surface area contributed by atoms with Crippen LogP contribution >= 0.6 is 11.6 Å². The van der Waals surface area contributed by atoms with Crippen LogP contribution in [-0.2, 0) is 9.47 Å². The molecule has 4 aliphatic carbocycles. The molecule has 6 aliphatic rings. The molecular weight excluding hydrogens is 1050 g/mol. The lowest BCUT2D eigenvalue weighted by Gasteiger charge is -2.25. The molecule has 81 heavy (non-hydrogen) atoms. The van der Waals surface area contributed by atoms with Gasteiger partial charge in [-0.05, 0) is 128 Å². The molecule has 5 N–H and O–H groups in total. The number of piperidine rings is 2. The number of rotatable bonds is 10. The molecule has 432 valence electrons. The number of nitrogen functional groups attached to an aromatic ring is 1. The summed E-state index contributed by atoms with van der Waals surface area (Å²) < 4.78 is 15.0. The van der Waals surface area contributed by atoms with E-state index in [0.717, 1.165) is 111 Å². The monoisotopic (exact) mass is 1130 g/mol. The summed E-state index contributed by atoms with van der Waals surface area (Å²) in [6.07, 6.45) is 17.3. The Kier molecular flexibility index (Phi) is 15.5. The molecule has 2 saturated heterocycles. The van der Waals surface area contributed by atoms with Crippen molar-refractivity contribution in [1.82, 2.24) is 59.5 Å². The highest BCUT2D eigenvalue weighted by Crippen LogP contribution is 2.52. The summed E-state index contributed by atoms with van der Waals surface area (Å²) >= 11 is 5.92. The summed E-state index contributed by atoms with van der Waals surface area (Å²) in [6.45, 7) is 14.6. The second kappa shape index (κ2) is 22.1. The highest BCUT2D eigenvalue weighted by atomic mass is 35.5. The highest BCUT2D eigenvalue weighted by Gasteiger charge is 2.62. The average Bonchev–Trinajstić information content (AvgIpc) is 4.19. The minimum absolute atomic E-state index is 0.00831. The van der Waals surface area contributed by atoms with Crippen molar-refractivity contribution >= 4 is 86.6 Å². The van der Waals surface area contributed by atoms with Crippen molar-refractivity contribution in [3.63, 3.8) is 0 Å². The molecule has 6 aromatic rings. The number of fused-ring (bicyclic) bond motifs is 4. The van der Waals surface area contributed by atoms with E-state index in [1.54, 1.807) is 62.6 Å². The molecule has 4 saturated carbocycles. The summed E-state index contributed by atoms with van der Waals surface area (Å²) in [4.78, 5) is 83.7. The van der Waals surface area contributed by atoms with Crippen molar-refractivity contribution in [3.05, 3.63) is 77.9 Å². The number of nitrogens with zero attached hydrogens (tertiary/aromatic N) is 12. The first-order valence-electron chi connectivity index (χ1n) is 28.2. The maximum Gasteiger partial charge on any atom is 0.408 e. The number of carbonyl (C=O) groups excluding carboxylic acids is 4. The third-order valence-corrected chi connectivity index (χ3v) is 16.2. The van der Waals surface area contributed by atoms with Gasteiger partial charge in [0.2, 0.25) is 11.2 Å². The smallest absolute Gasteiger partial charge is 0.408 e. The van der Waals surface area contributed by atoms with Gasteiger partial charge in [-0.15, -0.1) is 0 Å². The van der Waals surface area contributed by atoms with E-state index >= 15 is 0 Å². The maximum absolute atomic E-state index is 13.0. The van der Waals surface area contributed by atoms with Gasteiger partial charge in [0.1, 0.15) is 45.5 Å². The molecule has 6 fully saturated rings. The molecule has 4 atom stereocenters. The normalized spacial score (nSPS) is 22.0. The van der Waals surface area contributed by atoms with Crippen LogP contribution in [0.25, 0.3) is 22.1 Å². The first-order chi connectivity index (χ1) is 38.4. The second-order valence-corrected chi connectivity index (χ2v) is 25.4. The Morgan fingerprint density at radius 1 is 0.630 bits per heavy atom. The number of hydrogen-bond acceptors (Lipinski definition) is 16. The summed E-state index contributed by atoms with van der Waals surface area (Å²) in [6, 6.07) is 12.1. The molecule has 0 aromatic carbocycles. The zero-order valence-electron chi connectivity index (χ0n) is 48.3. The Hall–Kier alpha value is -7.49. The van der Waals surface area contributed by atoms with Gasteiger partial charge in [0.05, 0.1) is 34.8 Å². The van der Waals surface area contributed by atoms with Gasteiger partial charge in [-0.25, -0.2) is 29.5 Å². The van der Waals surface area contributed by atoms with E-state index in [4.69, 9.17) is 31.8 Å². The molecule has 12 rings (SSSR count). The number of carbonyl (C=O) groups is 4. The first kappa shape index (κ1) is 56.8. The van der Waals surface area contributed by atoms with Crippen LogP contribution in [0.15, 0.2) is 61.2 Å². The standard InChI is InChI=1S/C29H38N8O3.C15H22N4O2.C14H17ClN4O/c1-28(2,3)40-27(39)34-29-13-19(29)16-36(17-29)21-10-11-23(30-15-21)32-26-31-14-18-12-22(25(38)35(4)5)37(24(18)33-26)20-8-6-7-9-20;1-14(2,3)21-13(20)18-15-6-10(15)8-19(9-15)11-4-5-12(16)17-7-11;1-18(2)13(20)11-7-9-8-16-14(15)17-12(9)19(11)10-5-3-4-6-10/h10-12,14-15,19-20H,6-9,13,16-17H2,1-5H3,(H,34,39)(H,30,31,32,33);4-5,7,10H,6,8-9H2,1-3H3,(H2,16,17)(H,18,20);7-8,10H,3-6H2,1-2H3. The van der Waals surface area contributed by atoms with Crippen molar-refractivity contribution in [2.45, 2.75) is 140 Å². The molecule has 23 heteroatoms. The Morgan fingerprint density at radius 3 is 1.52 bits per heavy atom. The van der Waals surface area contributed by atoms with Crippen LogP contribution in [0.1, 0.15) is 139 Å². The number of amides is 4. The van der Waals surface area contributed by atoms with Crippen molar-refractivity contribution < 1.29 is 28.7 Å². The molecule has 8 heterocycles. The Balaban J connectivity index is 0.000000151. The lowest BCUT2D eigenvalue weighted by molar-refractivity contribution is 0.0486. The summed E-state index contributed by atoms with van der Waals surface area (Å²) in [5.41, 5.74) is 9.18. The third-order valence-electron chi connectivity index (χ3n) is 16.0. The number of halogens is 1. The van der Waals surface area contributed by atoms with Crippen LogP contribution in [0, 0.1) is 11.8 Å². The molecule has 2 aliphatic heterocycles. The van der Waals surface area contributed by atoms with E-state index < -0.39 is 11.2 Å². The number of nitrogens with two attached hydrogens (primary N) is 1.